The summed E-state index contributed by atoms with van der Waals surface area (Å²) in [5.74, 6) is 1.50. The lowest BCUT2D eigenvalue weighted by atomic mass is 9.91. The van der Waals surface area contributed by atoms with Crippen molar-refractivity contribution in [2.24, 2.45) is 0 Å². The lowest BCUT2D eigenvalue weighted by Gasteiger charge is -2.21. The van der Waals surface area contributed by atoms with E-state index in [1.807, 2.05) is 30.1 Å². The highest BCUT2D eigenvalue weighted by Gasteiger charge is 2.28. The number of fused-ring (bicyclic) bond motifs is 2. The third-order valence-corrected chi connectivity index (χ3v) is 5.31. The topological polar surface area (TPSA) is 73.8 Å². The molecule has 0 saturated carbocycles. The Morgan fingerprint density at radius 1 is 1.03 bits per heavy atom. The lowest BCUT2D eigenvalue weighted by molar-refractivity contribution is 0.0535. The Morgan fingerprint density at radius 3 is 2.31 bits per heavy atom. The highest BCUT2D eigenvalue weighted by atomic mass is 16.5. The van der Waals surface area contributed by atoms with E-state index >= 15 is 0 Å². The van der Waals surface area contributed by atoms with Gasteiger partial charge in [-0.3, -0.25) is 0 Å². The van der Waals surface area contributed by atoms with Gasteiger partial charge in [0.05, 0.1) is 19.8 Å². The van der Waals surface area contributed by atoms with Crippen LogP contribution < -0.4 is 14.4 Å². The van der Waals surface area contributed by atoms with Gasteiger partial charge in [-0.2, -0.15) is 0 Å². The Balaban J connectivity index is 1.97. The van der Waals surface area contributed by atoms with E-state index in [9.17, 15) is 4.79 Å². The molecule has 0 unspecified atom stereocenters. The molecule has 1 aliphatic heterocycles. The van der Waals surface area contributed by atoms with E-state index in [-0.39, 0.29) is 18.6 Å². The third kappa shape index (κ3) is 3.12. The second-order valence-corrected chi connectivity index (χ2v) is 7.27. The summed E-state index contributed by atoms with van der Waals surface area (Å²) in [5.41, 5.74) is 2.89. The zero-order chi connectivity index (χ0) is 20.7. The maximum Gasteiger partial charge on any atom is 0.339 e. The van der Waals surface area contributed by atoms with Gasteiger partial charge in [0.25, 0.3) is 0 Å². The van der Waals surface area contributed by atoms with Gasteiger partial charge < -0.3 is 19.1 Å². The van der Waals surface area contributed by atoms with Crippen molar-refractivity contribution in [2.45, 2.75) is 26.5 Å². The number of ether oxygens (including phenoxy) is 3. The van der Waals surface area contributed by atoms with Crippen molar-refractivity contribution in [3.8, 4) is 22.6 Å². The fourth-order valence-corrected chi connectivity index (χ4v) is 3.51. The average Bonchev–Trinajstić information content (AvgIpc) is 3.10. The monoisotopic (exact) mass is 393 g/mol. The number of aromatic nitrogens is 2. The van der Waals surface area contributed by atoms with Gasteiger partial charge in [-0.15, -0.1) is 0 Å². The molecule has 150 valence electrons. The van der Waals surface area contributed by atoms with Crippen molar-refractivity contribution < 1.29 is 19.0 Å². The molecule has 0 bridgehead atoms. The van der Waals surface area contributed by atoms with Crippen molar-refractivity contribution >= 4 is 22.7 Å². The van der Waals surface area contributed by atoms with E-state index in [4.69, 9.17) is 14.2 Å². The summed E-state index contributed by atoms with van der Waals surface area (Å²) >= 11 is 0. The predicted octanol–water partition coefficient (Wildman–Crippen LogP) is 3.83. The number of hydrogen-bond donors (Lipinski definition) is 0. The molecular formula is C22H23N3O4. The molecule has 0 saturated heterocycles. The van der Waals surface area contributed by atoms with Crippen LogP contribution in [0.2, 0.25) is 0 Å². The molecular weight excluding hydrogens is 370 g/mol. The Hall–Kier alpha value is -3.35. The first-order valence-electron chi connectivity index (χ1n) is 9.38. The van der Waals surface area contributed by atoms with Crippen LogP contribution in [0, 0.1) is 0 Å². The first-order valence-corrected chi connectivity index (χ1v) is 9.38. The number of carbonyl (C=O) groups excluding carboxylic acids is 1. The van der Waals surface area contributed by atoms with Crippen LogP contribution in [0.25, 0.3) is 21.9 Å². The van der Waals surface area contributed by atoms with E-state index < -0.39 is 0 Å². The maximum absolute atomic E-state index is 12.5. The van der Waals surface area contributed by atoms with Gasteiger partial charge in [0, 0.05) is 42.2 Å². The minimum Gasteiger partial charge on any atom is -0.493 e. The highest BCUT2D eigenvalue weighted by molar-refractivity contribution is 6.11. The van der Waals surface area contributed by atoms with Crippen molar-refractivity contribution in [1.82, 2.24) is 9.97 Å². The fourth-order valence-electron chi connectivity index (χ4n) is 3.51. The molecule has 4 rings (SSSR count). The van der Waals surface area contributed by atoms with Crippen LogP contribution in [-0.4, -0.2) is 43.2 Å². The largest absolute Gasteiger partial charge is 0.493 e. The van der Waals surface area contributed by atoms with Crippen LogP contribution in [-0.2, 0) is 11.3 Å². The zero-order valence-electron chi connectivity index (χ0n) is 17.1. The molecule has 2 heterocycles. The van der Waals surface area contributed by atoms with Gasteiger partial charge in [-0.25, -0.2) is 14.8 Å². The van der Waals surface area contributed by atoms with Gasteiger partial charge in [-0.1, -0.05) is 0 Å². The van der Waals surface area contributed by atoms with Crippen LogP contribution >= 0.6 is 0 Å². The molecule has 0 aliphatic carbocycles. The van der Waals surface area contributed by atoms with E-state index in [2.05, 4.69) is 23.8 Å². The van der Waals surface area contributed by atoms with Crippen molar-refractivity contribution in [3.05, 3.63) is 41.7 Å². The van der Waals surface area contributed by atoms with Gasteiger partial charge in [0.1, 0.15) is 6.61 Å². The van der Waals surface area contributed by atoms with Crippen LogP contribution in [0.3, 0.4) is 0 Å². The van der Waals surface area contributed by atoms with Crippen LogP contribution in [0.5, 0.6) is 11.5 Å². The Kier molecular flexibility index (Phi) is 4.74. The molecule has 3 aromatic rings. The number of methoxy groups -OCH3 is 2. The zero-order valence-corrected chi connectivity index (χ0v) is 17.1. The molecule has 29 heavy (non-hydrogen) atoms. The summed E-state index contributed by atoms with van der Waals surface area (Å²) in [6.07, 6.45) is 3.50. The number of esters is 1. The molecule has 0 fully saturated rings. The number of hydrogen-bond acceptors (Lipinski definition) is 7. The summed E-state index contributed by atoms with van der Waals surface area (Å²) in [6, 6.07) is 6.02. The van der Waals surface area contributed by atoms with E-state index in [0.29, 0.717) is 23.0 Å². The van der Waals surface area contributed by atoms with Gasteiger partial charge in [0.15, 0.2) is 11.5 Å². The molecule has 0 amide bonds. The standard InChI is InChI=1S/C22H23N3O4/c1-12(2)25(3)22-23-9-15(10-24-22)19-16-8-18(28-5)17(27-4)7-13(16)6-14-11-29-21(26)20(14)19/h6-10,12H,11H2,1-5H3. The van der Waals surface area contributed by atoms with Crippen molar-refractivity contribution in [1.29, 1.82) is 0 Å². The second-order valence-electron chi connectivity index (χ2n) is 7.27. The molecule has 0 N–H and O–H groups in total. The number of anilines is 1. The van der Waals surface area contributed by atoms with Crippen LogP contribution in [0.15, 0.2) is 30.6 Å². The number of cyclic esters (lactones) is 1. The quantitative estimate of drug-likeness (QED) is 0.610. The molecule has 0 atom stereocenters. The van der Waals surface area contributed by atoms with Crippen molar-refractivity contribution in [3.63, 3.8) is 0 Å². The number of benzene rings is 2. The number of rotatable bonds is 5. The molecule has 1 aliphatic rings. The van der Waals surface area contributed by atoms with Crippen LogP contribution in [0.1, 0.15) is 29.8 Å². The van der Waals surface area contributed by atoms with E-state index in [0.717, 1.165) is 27.5 Å². The number of nitrogens with zero attached hydrogens (tertiary/aromatic N) is 3. The Labute approximate surface area is 169 Å². The Morgan fingerprint density at radius 2 is 1.69 bits per heavy atom. The molecule has 1 aromatic heterocycles. The lowest BCUT2D eigenvalue weighted by Crippen LogP contribution is -2.27. The average molecular weight is 393 g/mol. The summed E-state index contributed by atoms with van der Waals surface area (Å²) in [5, 5.41) is 1.78. The third-order valence-electron chi connectivity index (χ3n) is 5.31. The Bertz CT molecular complexity index is 1090. The van der Waals surface area contributed by atoms with Crippen LogP contribution in [0.4, 0.5) is 5.95 Å². The summed E-state index contributed by atoms with van der Waals surface area (Å²) in [4.78, 5) is 23.5. The second kappa shape index (κ2) is 7.24. The molecule has 0 spiro atoms. The number of carbonyl (C=O) groups is 1. The first kappa shape index (κ1) is 19.0. The summed E-state index contributed by atoms with van der Waals surface area (Å²) in [7, 11) is 5.14. The van der Waals surface area contributed by atoms with E-state index in [1.54, 1.807) is 26.6 Å². The molecule has 2 aromatic carbocycles. The highest BCUT2D eigenvalue weighted by Crippen LogP contribution is 2.42. The fraction of sp³-hybridized carbons (Fsp3) is 0.318. The molecule has 0 radical (unpaired) electrons. The molecule has 7 nitrogen and oxygen atoms in total. The SMILES string of the molecule is COc1cc2cc3c(c(-c4cnc(N(C)C(C)C)nc4)c2cc1OC)C(=O)OC3. The smallest absolute Gasteiger partial charge is 0.339 e. The van der Waals surface area contributed by atoms with E-state index in [1.165, 1.54) is 0 Å². The van der Waals surface area contributed by atoms with Gasteiger partial charge in [-0.05, 0) is 42.8 Å². The summed E-state index contributed by atoms with van der Waals surface area (Å²) in [6.45, 7) is 4.40. The minimum atomic E-state index is -0.338. The van der Waals surface area contributed by atoms with Gasteiger partial charge >= 0.3 is 5.97 Å². The minimum absolute atomic E-state index is 0.250. The van der Waals surface area contributed by atoms with Crippen molar-refractivity contribution in [2.75, 3.05) is 26.2 Å². The van der Waals surface area contributed by atoms with Gasteiger partial charge in [0.2, 0.25) is 5.95 Å². The predicted molar refractivity (Wildman–Crippen MR) is 111 cm³/mol. The maximum atomic E-state index is 12.5. The molecule has 7 heteroatoms. The normalized spacial score (nSPS) is 12.8. The summed E-state index contributed by atoms with van der Waals surface area (Å²) < 4.78 is 16.2. The first-order chi connectivity index (χ1) is 13.9.